The van der Waals surface area contributed by atoms with Gasteiger partial charge in [0.05, 0.1) is 25.4 Å². The number of nitrogens with one attached hydrogen (secondary N) is 1. The number of ether oxygens (including phenoxy) is 2. The molecule has 324 valence electrons. The fraction of sp³-hybridized carbons (Fsp3) is 0.891. The molecule has 0 saturated carbocycles. The number of carbonyl (C=O) groups excluding carboxylic acids is 1. The molecule has 0 aromatic heterocycles. The summed E-state index contributed by atoms with van der Waals surface area (Å²) in [5.41, 5.74) is 0. The Balaban J connectivity index is 2.32. The monoisotopic (exact) mass is 782 g/mol. The number of aliphatic hydroxyl groups is 5. The molecular weight excluding hydrogens is 695 g/mol. The largest absolute Gasteiger partial charge is 0.394 e. The first-order valence-electron chi connectivity index (χ1n) is 23.1. The fourth-order valence-corrected chi connectivity index (χ4v) is 7.28. The molecule has 1 heterocycles. The predicted octanol–water partition coefficient (Wildman–Crippen LogP) is 9.50. The van der Waals surface area contributed by atoms with Crippen LogP contribution in [0.4, 0.5) is 0 Å². The van der Waals surface area contributed by atoms with Gasteiger partial charge in [0.1, 0.15) is 24.4 Å². The first-order chi connectivity index (χ1) is 26.8. The Kier molecular flexibility index (Phi) is 34.7. The number of hydrogen-bond acceptors (Lipinski definition) is 8. The quantitative estimate of drug-likeness (QED) is 0.0268. The molecule has 55 heavy (non-hydrogen) atoms. The number of allylic oxidation sites excluding steroid dienone is 3. The lowest BCUT2D eigenvalue weighted by Crippen LogP contribution is -2.60. The normalized spacial score (nSPS) is 21.5. The van der Waals surface area contributed by atoms with Gasteiger partial charge in [-0.2, -0.15) is 0 Å². The smallest absolute Gasteiger partial charge is 0.220 e. The molecule has 6 N–H and O–H groups in total. The summed E-state index contributed by atoms with van der Waals surface area (Å²) in [7, 11) is 0. The van der Waals surface area contributed by atoms with Gasteiger partial charge in [-0.25, -0.2) is 0 Å². The van der Waals surface area contributed by atoms with Gasteiger partial charge < -0.3 is 40.3 Å². The Bertz CT molecular complexity index is 914. The minimum Gasteiger partial charge on any atom is -0.394 e. The Labute approximate surface area is 337 Å². The minimum atomic E-state index is -1.56. The third-order valence-electron chi connectivity index (χ3n) is 11.0. The first-order valence-corrected chi connectivity index (χ1v) is 23.1. The summed E-state index contributed by atoms with van der Waals surface area (Å²) in [5.74, 6) is -0.178. The maximum atomic E-state index is 12.9. The molecule has 9 heteroatoms. The molecule has 0 aromatic rings. The molecule has 0 aliphatic carbocycles. The van der Waals surface area contributed by atoms with Crippen LogP contribution in [0, 0.1) is 0 Å². The summed E-state index contributed by atoms with van der Waals surface area (Å²) in [6.07, 6.45) is 36.5. The van der Waals surface area contributed by atoms with Crippen LogP contribution >= 0.6 is 0 Å². The van der Waals surface area contributed by atoms with Crippen LogP contribution in [0.3, 0.4) is 0 Å². The second-order valence-electron chi connectivity index (χ2n) is 16.2. The molecule has 1 fully saturated rings. The fourth-order valence-electron chi connectivity index (χ4n) is 7.28. The van der Waals surface area contributed by atoms with E-state index in [-0.39, 0.29) is 12.5 Å². The zero-order valence-corrected chi connectivity index (χ0v) is 35.4. The summed E-state index contributed by atoms with van der Waals surface area (Å²) < 4.78 is 11.2. The van der Waals surface area contributed by atoms with Gasteiger partial charge in [0.2, 0.25) is 5.91 Å². The second kappa shape index (κ2) is 37.0. The van der Waals surface area contributed by atoms with E-state index < -0.39 is 49.5 Å². The Morgan fingerprint density at radius 2 is 1.05 bits per heavy atom. The van der Waals surface area contributed by atoms with E-state index in [1.54, 1.807) is 6.08 Å². The average Bonchev–Trinajstić information content (AvgIpc) is 3.18. The number of aliphatic hydroxyl groups excluding tert-OH is 5. The van der Waals surface area contributed by atoms with E-state index in [9.17, 15) is 30.3 Å². The van der Waals surface area contributed by atoms with E-state index in [2.05, 4.69) is 31.3 Å². The summed E-state index contributed by atoms with van der Waals surface area (Å²) >= 11 is 0. The lowest BCUT2D eigenvalue weighted by atomic mass is 9.99. The summed E-state index contributed by atoms with van der Waals surface area (Å²) in [6.45, 7) is 3.72. The van der Waals surface area contributed by atoms with Gasteiger partial charge in [-0.05, 0) is 38.5 Å². The predicted molar refractivity (Wildman–Crippen MR) is 226 cm³/mol. The standard InChI is InChI=1S/C46H87NO8/c1-3-5-7-9-11-13-15-17-18-19-20-21-22-24-26-28-30-32-34-36-42(50)47-39(38-54-46-45(53)44(52)43(51)41(37-48)55-46)40(49)35-33-31-29-27-25-23-16-14-12-10-8-6-4-2/h8,10,33,35,39-41,43-46,48-49,51-53H,3-7,9,11-32,34,36-38H2,1-2H3,(H,47,50)/b10-8-,35-33+/t39-,40+,41+,43+,44-,45+,46+/m0/s1. The highest BCUT2D eigenvalue weighted by atomic mass is 16.7. The highest BCUT2D eigenvalue weighted by molar-refractivity contribution is 5.76. The number of rotatable bonds is 38. The van der Waals surface area contributed by atoms with Crippen LogP contribution in [-0.4, -0.2) is 87.5 Å². The molecule has 0 unspecified atom stereocenters. The molecule has 1 rings (SSSR count). The summed E-state index contributed by atoms with van der Waals surface area (Å²) in [6, 6.07) is -0.803. The summed E-state index contributed by atoms with van der Waals surface area (Å²) in [5, 5.41) is 54.1. The van der Waals surface area contributed by atoms with Gasteiger partial charge in [0, 0.05) is 6.42 Å². The molecule has 1 aliphatic heterocycles. The molecule has 9 nitrogen and oxygen atoms in total. The van der Waals surface area contributed by atoms with Crippen molar-refractivity contribution < 1.29 is 39.8 Å². The van der Waals surface area contributed by atoms with Crippen LogP contribution in [0.5, 0.6) is 0 Å². The SMILES string of the molecule is CCC/C=C\CCCCCCCC/C=C/[C@@H](O)[C@H](CO[C@@H]1O[C@H](CO)[C@@H](O)[C@H](O)[C@H]1O)NC(=O)CCCCCCCCCCCCCCCCCCCCC. The van der Waals surface area contributed by atoms with E-state index in [0.717, 1.165) is 44.9 Å². The molecular formula is C46H87NO8. The first kappa shape index (κ1) is 51.7. The van der Waals surface area contributed by atoms with E-state index in [0.29, 0.717) is 6.42 Å². The van der Waals surface area contributed by atoms with Gasteiger partial charge in [0.25, 0.3) is 0 Å². The van der Waals surface area contributed by atoms with E-state index in [1.165, 1.54) is 141 Å². The van der Waals surface area contributed by atoms with Gasteiger partial charge >= 0.3 is 0 Å². The number of carbonyl (C=O) groups is 1. The van der Waals surface area contributed by atoms with Crippen molar-refractivity contribution in [1.29, 1.82) is 0 Å². The molecule has 7 atom stereocenters. The molecule has 1 amide bonds. The lowest BCUT2D eigenvalue weighted by Gasteiger charge is -2.40. The average molecular weight is 782 g/mol. The van der Waals surface area contributed by atoms with Crippen molar-refractivity contribution in [3.05, 3.63) is 24.3 Å². The zero-order valence-electron chi connectivity index (χ0n) is 35.4. The molecule has 0 radical (unpaired) electrons. The molecule has 1 aliphatic rings. The van der Waals surface area contributed by atoms with Crippen LogP contribution in [0.25, 0.3) is 0 Å². The molecule has 1 saturated heterocycles. The van der Waals surface area contributed by atoms with Gasteiger partial charge in [0.15, 0.2) is 6.29 Å². The lowest BCUT2D eigenvalue weighted by molar-refractivity contribution is -0.302. The maximum absolute atomic E-state index is 12.9. The number of amides is 1. The van der Waals surface area contributed by atoms with Gasteiger partial charge in [-0.15, -0.1) is 0 Å². The molecule has 0 bridgehead atoms. The van der Waals surface area contributed by atoms with E-state index in [4.69, 9.17) is 9.47 Å². The van der Waals surface area contributed by atoms with Crippen LogP contribution in [-0.2, 0) is 14.3 Å². The third kappa shape index (κ3) is 27.9. The summed E-state index contributed by atoms with van der Waals surface area (Å²) in [4.78, 5) is 12.9. The Morgan fingerprint density at radius 1 is 0.600 bits per heavy atom. The van der Waals surface area contributed by atoms with Crippen LogP contribution < -0.4 is 5.32 Å². The zero-order chi connectivity index (χ0) is 40.2. The maximum Gasteiger partial charge on any atom is 0.220 e. The Morgan fingerprint density at radius 3 is 1.55 bits per heavy atom. The highest BCUT2D eigenvalue weighted by Gasteiger charge is 2.44. The second-order valence-corrected chi connectivity index (χ2v) is 16.2. The number of hydrogen-bond donors (Lipinski definition) is 6. The van der Waals surface area contributed by atoms with Crippen LogP contribution in [0.2, 0.25) is 0 Å². The van der Waals surface area contributed by atoms with Gasteiger partial charge in [-0.3, -0.25) is 4.79 Å². The molecule has 0 spiro atoms. The van der Waals surface area contributed by atoms with E-state index >= 15 is 0 Å². The van der Waals surface area contributed by atoms with Crippen LogP contribution in [0.15, 0.2) is 24.3 Å². The van der Waals surface area contributed by atoms with Crippen molar-refractivity contribution in [2.45, 2.75) is 249 Å². The third-order valence-corrected chi connectivity index (χ3v) is 11.0. The highest BCUT2D eigenvalue weighted by Crippen LogP contribution is 2.23. The van der Waals surface area contributed by atoms with Gasteiger partial charge in [-0.1, -0.05) is 186 Å². The van der Waals surface area contributed by atoms with Crippen molar-refractivity contribution in [2.75, 3.05) is 13.2 Å². The van der Waals surface area contributed by atoms with Crippen molar-refractivity contribution in [2.24, 2.45) is 0 Å². The van der Waals surface area contributed by atoms with Crippen molar-refractivity contribution in [1.82, 2.24) is 5.32 Å². The topological polar surface area (TPSA) is 149 Å². The molecule has 0 aromatic carbocycles. The number of unbranched alkanes of at least 4 members (excludes halogenated alkanes) is 26. The van der Waals surface area contributed by atoms with Crippen molar-refractivity contribution in [3.63, 3.8) is 0 Å². The van der Waals surface area contributed by atoms with Crippen molar-refractivity contribution in [3.8, 4) is 0 Å². The minimum absolute atomic E-state index is 0.178. The van der Waals surface area contributed by atoms with Crippen LogP contribution in [0.1, 0.15) is 206 Å². The van der Waals surface area contributed by atoms with Crippen molar-refractivity contribution >= 4 is 5.91 Å². The van der Waals surface area contributed by atoms with E-state index in [1.807, 2.05) is 6.08 Å². The Hall–Kier alpha value is -1.33.